The molecule has 1 aromatic carbocycles. The zero-order valence-electron chi connectivity index (χ0n) is 9.09. The summed E-state index contributed by atoms with van der Waals surface area (Å²) in [6.07, 6.45) is 0. The molecule has 0 saturated heterocycles. The Balaban J connectivity index is 2.67. The first kappa shape index (κ1) is 11.3. The van der Waals surface area contributed by atoms with Gasteiger partial charge in [-0.25, -0.2) is 4.79 Å². The third-order valence-corrected chi connectivity index (χ3v) is 3.38. The number of aryl methyl sites for hydroxylation is 1. The predicted octanol–water partition coefficient (Wildman–Crippen LogP) is 2.55. The lowest BCUT2D eigenvalue weighted by Gasteiger charge is -2.10. The molecule has 1 heterocycles. The van der Waals surface area contributed by atoms with Gasteiger partial charge in [0, 0.05) is 11.1 Å². The van der Waals surface area contributed by atoms with Gasteiger partial charge in [0.2, 0.25) is 0 Å². The van der Waals surface area contributed by atoms with Crippen LogP contribution in [0.3, 0.4) is 0 Å². The Morgan fingerprint density at radius 1 is 1.50 bits per heavy atom. The number of Topliss-reactive ketones (excluding diaryl/α,β-unsaturated/α-hetero) is 1. The molecule has 0 N–H and O–H groups in total. The number of esters is 1. The average Bonchev–Trinajstić information content (AvgIpc) is 2.60. The fourth-order valence-electron chi connectivity index (χ4n) is 2.10. The first-order chi connectivity index (χ1) is 7.56. The van der Waals surface area contributed by atoms with Crippen molar-refractivity contribution in [2.75, 3.05) is 5.33 Å². The SMILES string of the molecule is Cc1cc2c(c(C)c1C(=O)CBr)COC2=O. The zero-order valence-corrected chi connectivity index (χ0v) is 10.7. The predicted molar refractivity (Wildman–Crippen MR) is 63.2 cm³/mol. The summed E-state index contributed by atoms with van der Waals surface area (Å²) in [5.74, 6) is -0.254. The molecule has 0 atom stereocenters. The van der Waals surface area contributed by atoms with Crippen molar-refractivity contribution in [3.05, 3.63) is 33.9 Å². The van der Waals surface area contributed by atoms with Crippen LogP contribution in [-0.2, 0) is 11.3 Å². The van der Waals surface area contributed by atoms with Crippen LogP contribution >= 0.6 is 15.9 Å². The fourth-order valence-corrected chi connectivity index (χ4v) is 2.38. The van der Waals surface area contributed by atoms with Crippen LogP contribution in [0.5, 0.6) is 0 Å². The summed E-state index contributed by atoms with van der Waals surface area (Å²) >= 11 is 3.16. The van der Waals surface area contributed by atoms with E-state index >= 15 is 0 Å². The molecule has 0 aromatic heterocycles. The normalized spacial score (nSPS) is 13.6. The number of cyclic esters (lactones) is 1. The Morgan fingerprint density at radius 3 is 2.81 bits per heavy atom. The largest absolute Gasteiger partial charge is 0.457 e. The summed E-state index contributed by atoms with van der Waals surface area (Å²) in [6, 6.07) is 1.74. The highest BCUT2D eigenvalue weighted by atomic mass is 79.9. The number of alkyl halides is 1. The van der Waals surface area contributed by atoms with Crippen molar-refractivity contribution in [1.82, 2.24) is 0 Å². The molecule has 0 fully saturated rings. The van der Waals surface area contributed by atoms with Gasteiger partial charge in [-0.05, 0) is 31.0 Å². The van der Waals surface area contributed by atoms with E-state index in [0.29, 0.717) is 16.5 Å². The summed E-state index contributed by atoms with van der Waals surface area (Å²) < 4.78 is 4.97. The van der Waals surface area contributed by atoms with E-state index in [-0.39, 0.29) is 18.4 Å². The van der Waals surface area contributed by atoms with Crippen molar-refractivity contribution < 1.29 is 14.3 Å². The number of hydrogen-bond donors (Lipinski definition) is 0. The Labute approximate surface area is 102 Å². The Hall–Kier alpha value is -1.16. The highest BCUT2D eigenvalue weighted by molar-refractivity contribution is 9.09. The van der Waals surface area contributed by atoms with Crippen molar-refractivity contribution in [2.45, 2.75) is 20.5 Å². The number of ether oxygens (including phenoxy) is 1. The smallest absolute Gasteiger partial charge is 0.338 e. The van der Waals surface area contributed by atoms with Gasteiger partial charge in [-0.15, -0.1) is 0 Å². The first-order valence-corrected chi connectivity index (χ1v) is 6.07. The minimum absolute atomic E-state index is 0.0390. The minimum atomic E-state index is -0.293. The molecule has 0 bridgehead atoms. The van der Waals surface area contributed by atoms with Gasteiger partial charge in [0.15, 0.2) is 5.78 Å². The van der Waals surface area contributed by atoms with E-state index in [0.717, 1.165) is 16.7 Å². The van der Waals surface area contributed by atoms with Crippen molar-refractivity contribution in [3.63, 3.8) is 0 Å². The Kier molecular flexibility index (Phi) is 2.84. The molecular weight excluding hydrogens is 272 g/mol. The maximum absolute atomic E-state index is 11.8. The maximum atomic E-state index is 11.8. The second-order valence-electron chi connectivity index (χ2n) is 3.85. The molecule has 84 valence electrons. The van der Waals surface area contributed by atoms with Gasteiger partial charge in [-0.3, -0.25) is 4.79 Å². The lowest BCUT2D eigenvalue weighted by Crippen LogP contribution is -2.09. The molecule has 0 radical (unpaired) electrons. The van der Waals surface area contributed by atoms with Crippen LogP contribution in [0.2, 0.25) is 0 Å². The Morgan fingerprint density at radius 2 is 2.19 bits per heavy atom. The Bertz CT molecular complexity index is 492. The molecule has 0 spiro atoms. The molecule has 0 unspecified atom stereocenters. The number of carbonyl (C=O) groups is 2. The fraction of sp³-hybridized carbons (Fsp3) is 0.333. The molecule has 1 aliphatic rings. The average molecular weight is 283 g/mol. The van der Waals surface area contributed by atoms with Crippen molar-refractivity contribution in [1.29, 1.82) is 0 Å². The molecule has 16 heavy (non-hydrogen) atoms. The highest BCUT2D eigenvalue weighted by Gasteiger charge is 2.26. The molecular formula is C12H11BrO3. The first-order valence-electron chi connectivity index (χ1n) is 4.95. The number of hydrogen-bond acceptors (Lipinski definition) is 3. The quantitative estimate of drug-likeness (QED) is 0.476. The molecule has 4 heteroatoms. The van der Waals surface area contributed by atoms with Crippen LogP contribution in [0.1, 0.15) is 37.4 Å². The van der Waals surface area contributed by atoms with E-state index in [1.807, 2.05) is 13.8 Å². The highest BCUT2D eigenvalue weighted by Crippen LogP contribution is 2.29. The summed E-state index contributed by atoms with van der Waals surface area (Å²) in [6.45, 7) is 3.99. The lowest BCUT2D eigenvalue weighted by molar-refractivity contribution is 0.0535. The van der Waals surface area contributed by atoms with E-state index in [1.165, 1.54) is 0 Å². The zero-order chi connectivity index (χ0) is 11.9. The monoisotopic (exact) mass is 282 g/mol. The van der Waals surface area contributed by atoms with Gasteiger partial charge < -0.3 is 4.74 Å². The van der Waals surface area contributed by atoms with Gasteiger partial charge in [-0.1, -0.05) is 15.9 Å². The van der Waals surface area contributed by atoms with Crippen molar-refractivity contribution in [3.8, 4) is 0 Å². The molecule has 1 aliphatic heterocycles. The topological polar surface area (TPSA) is 43.4 Å². The number of benzene rings is 1. The summed E-state index contributed by atoms with van der Waals surface area (Å²) in [7, 11) is 0. The number of halogens is 1. The molecule has 1 aromatic rings. The number of rotatable bonds is 2. The van der Waals surface area contributed by atoms with E-state index < -0.39 is 0 Å². The van der Waals surface area contributed by atoms with E-state index in [2.05, 4.69) is 15.9 Å². The molecule has 0 amide bonds. The van der Waals surface area contributed by atoms with Crippen LogP contribution < -0.4 is 0 Å². The third-order valence-electron chi connectivity index (χ3n) is 2.88. The van der Waals surface area contributed by atoms with Gasteiger partial charge in [0.05, 0.1) is 10.9 Å². The molecule has 2 rings (SSSR count). The second-order valence-corrected chi connectivity index (χ2v) is 4.41. The maximum Gasteiger partial charge on any atom is 0.338 e. The van der Waals surface area contributed by atoms with Crippen molar-refractivity contribution >= 4 is 27.7 Å². The number of fused-ring (bicyclic) bond motifs is 1. The van der Waals surface area contributed by atoms with E-state index in [4.69, 9.17) is 4.74 Å². The van der Waals surface area contributed by atoms with Gasteiger partial charge in [-0.2, -0.15) is 0 Å². The summed E-state index contributed by atoms with van der Waals surface area (Å²) in [5.41, 5.74) is 3.85. The van der Waals surface area contributed by atoms with Crippen LogP contribution in [-0.4, -0.2) is 17.1 Å². The molecule has 3 nitrogen and oxygen atoms in total. The summed E-state index contributed by atoms with van der Waals surface area (Å²) in [4.78, 5) is 23.2. The standard InChI is InChI=1S/C12H11BrO3/c1-6-3-8-9(5-16-12(8)15)7(2)11(6)10(14)4-13/h3H,4-5H2,1-2H3. The van der Waals surface area contributed by atoms with Gasteiger partial charge in [0.25, 0.3) is 0 Å². The minimum Gasteiger partial charge on any atom is -0.457 e. The number of carbonyl (C=O) groups excluding carboxylic acids is 2. The van der Waals surface area contributed by atoms with Crippen LogP contribution in [0.15, 0.2) is 6.07 Å². The van der Waals surface area contributed by atoms with E-state index in [9.17, 15) is 9.59 Å². The van der Waals surface area contributed by atoms with Gasteiger partial charge in [0.1, 0.15) is 6.61 Å². The summed E-state index contributed by atoms with van der Waals surface area (Å²) in [5, 5.41) is 0.294. The second kappa shape index (κ2) is 4.01. The third kappa shape index (κ3) is 1.57. The molecule has 0 saturated carbocycles. The van der Waals surface area contributed by atoms with E-state index in [1.54, 1.807) is 6.07 Å². The van der Waals surface area contributed by atoms with Crippen LogP contribution in [0.25, 0.3) is 0 Å². The molecule has 0 aliphatic carbocycles. The van der Waals surface area contributed by atoms with Gasteiger partial charge >= 0.3 is 5.97 Å². The van der Waals surface area contributed by atoms with Crippen molar-refractivity contribution in [2.24, 2.45) is 0 Å². The lowest BCUT2D eigenvalue weighted by atomic mass is 9.92. The number of ketones is 1. The van der Waals surface area contributed by atoms with Crippen LogP contribution in [0.4, 0.5) is 0 Å². The van der Waals surface area contributed by atoms with Crippen LogP contribution in [0, 0.1) is 13.8 Å².